The van der Waals surface area contributed by atoms with Gasteiger partial charge in [-0.05, 0) is 26.2 Å². The van der Waals surface area contributed by atoms with Gasteiger partial charge in [-0.3, -0.25) is 4.79 Å². The van der Waals surface area contributed by atoms with Gasteiger partial charge in [0.1, 0.15) is 0 Å². The van der Waals surface area contributed by atoms with Gasteiger partial charge in [-0.2, -0.15) is 13.2 Å². The Kier molecular flexibility index (Phi) is 6.09. The third-order valence-corrected chi connectivity index (χ3v) is 3.26. The minimum atomic E-state index is -4.21. The second kappa shape index (κ2) is 7.35. The molecule has 0 aromatic heterocycles. The Morgan fingerprint density at radius 3 is 2.50 bits per heavy atom. The predicted molar refractivity (Wildman–Crippen MR) is 67.0 cm³/mol. The lowest BCUT2D eigenvalue weighted by Gasteiger charge is -2.30. The van der Waals surface area contributed by atoms with E-state index in [2.05, 4.69) is 16.0 Å². The number of alkyl halides is 3. The molecule has 3 amide bonds. The Bertz CT molecular complexity index is 347. The molecule has 1 aliphatic carbocycles. The quantitative estimate of drug-likeness (QED) is 0.736. The van der Waals surface area contributed by atoms with Gasteiger partial charge in [0.2, 0.25) is 5.91 Å². The summed E-state index contributed by atoms with van der Waals surface area (Å²) < 4.78 is 37.8. The minimum absolute atomic E-state index is 0.0991. The van der Waals surface area contributed by atoms with Crippen LogP contribution in [-0.4, -0.2) is 37.2 Å². The first kappa shape index (κ1) is 16.6. The van der Waals surface area contributed by atoms with Gasteiger partial charge < -0.3 is 16.0 Å². The zero-order valence-corrected chi connectivity index (χ0v) is 11.3. The van der Waals surface area contributed by atoms with Gasteiger partial charge in [0.15, 0.2) is 0 Å². The van der Waals surface area contributed by atoms with E-state index in [0.29, 0.717) is 19.4 Å². The number of halogens is 3. The van der Waals surface area contributed by atoms with Crippen LogP contribution in [0.1, 0.15) is 32.6 Å². The number of rotatable bonds is 4. The van der Waals surface area contributed by atoms with Crippen LogP contribution in [0.2, 0.25) is 0 Å². The second-order valence-electron chi connectivity index (χ2n) is 4.88. The molecule has 0 saturated heterocycles. The van der Waals surface area contributed by atoms with Gasteiger partial charge in [0, 0.05) is 12.6 Å². The van der Waals surface area contributed by atoms with E-state index in [0.717, 1.165) is 0 Å². The van der Waals surface area contributed by atoms with Crippen molar-refractivity contribution in [2.24, 2.45) is 5.92 Å². The van der Waals surface area contributed by atoms with E-state index in [1.165, 1.54) is 0 Å². The number of carbonyl (C=O) groups excluding carboxylic acids is 2. The van der Waals surface area contributed by atoms with E-state index in [1.54, 1.807) is 6.92 Å². The number of hydrogen-bond donors (Lipinski definition) is 3. The molecule has 1 fully saturated rings. The fraction of sp³-hybridized carbons (Fsp3) is 0.833. The molecule has 0 radical (unpaired) electrons. The number of urea groups is 1. The third kappa shape index (κ3) is 5.66. The molecule has 0 spiro atoms. The molecule has 0 aromatic carbocycles. The van der Waals surface area contributed by atoms with Crippen LogP contribution >= 0.6 is 0 Å². The van der Waals surface area contributed by atoms with E-state index in [4.69, 9.17) is 0 Å². The summed E-state index contributed by atoms with van der Waals surface area (Å²) in [6.07, 6.45) is -3.23. The largest absolute Gasteiger partial charge is 0.391 e. The van der Waals surface area contributed by atoms with Crippen molar-refractivity contribution in [1.82, 2.24) is 16.0 Å². The molecule has 0 aliphatic heterocycles. The number of amides is 3. The average Bonchev–Trinajstić information content (AvgIpc) is 2.36. The Morgan fingerprint density at radius 2 is 1.90 bits per heavy atom. The van der Waals surface area contributed by atoms with Crippen molar-refractivity contribution in [1.29, 1.82) is 0 Å². The van der Waals surface area contributed by atoms with Crippen molar-refractivity contribution in [2.45, 2.75) is 44.8 Å². The Labute approximate surface area is 115 Å². The van der Waals surface area contributed by atoms with Crippen LogP contribution in [0.4, 0.5) is 18.0 Å². The molecule has 1 aliphatic rings. The van der Waals surface area contributed by atoms with Crippen LogP contribution < -0.4 is 16.0 Å². The Balaban J connectivity index is 2.33. The van der Waals surface area contributed by atoms with Crippen molar-refractivity contribution in [3.8, 4) is 0 Å². The van der Waals surface area contributed by atoms with E-state index >= 15 is 0 Å². The highest BCUT2D eigenvalue weighted by atomic mass is 19.4. The van der Waals surface area contributed by atoms with Crippen molar-refractivity contribution in [3.63, 3.8) is 0 Å². The lowest BCUT2D eigenvalue weighted by molar-refractivity contribution is -0.183. The minimum Gasteiger partial charge on any atom is -0.355 e. The Morgan fingerprint density at radius 1 is 1.20 bits per heavy atom. The van der Waals surface area contributed by atoms with E-state index < -0.39 is 24.2 Å². The lowest BCUT2D eigenvalue weighted by atomic mass is 9.85. The molecular formula is C12H20F3N3O2. The standard InChI is InChI=1S/C12H20F3N3O2/c1-2-16-10(19)7-17-11(20)18-9-5-3-4-8(6-9)12(13,14)15/h8-9H,2-7H2,1H3,(H,16,19)(H2,17,18,20). The zero-order valence-electron chi connectivity index (χ0n) is 11.3. The summed E-state index contributed by atoms with van der Waals surface area (Å²) in [4.78, 5) is 22.6. The van der Waals surface area contributed by atoms with Crippen molar-refractivity contribution < 1.29 is 22.8 Å². The molecular weight excluding hydrogens is 275 g/mol. The molecule has 3 N–H and O–H groups in total. The highest BCUT2D eigenvalue weighted by Crippen LogP contribution is 2.37. The molecule has 2 unspecified atom stereocenters. The summed E-state index contributed by atoms with van der Waals surface area (Å²) in [5.41, 5.74) is 0. The van der Waals surface area contributed by atoms with Crippen LogP contribution in [0.25, 0.3) is 0 Å². The van der Waals surface area contributed by atoms with Crippen molar-refractivity contribution in [3.05, 3.63) is 0 Å². The predicted octanol–water partition coefficient (Wildman–Crippen LogP) is 1.54. The first-order chi connectivity index (χ1) is 9.32. The lowest BCUT2D eigenvalue weighted by Crippen LogP contribution is -2.48. The highest BCUT2D eigenvalue weighted by Gasteiger charge is 2.42. The topological polar surface area (TPSA) is 70.2 Å². The van der Waals surface area contributed by atoms with Crippen molar-refractivity contribution >= 4 is 11.9 Å². The maximum atomic E-state index is 12.6. The highest BCUT2D eigenvalue weighted by molar-refractivity contribution is 5.83. The van der Waals surface area contributed by atoms with Gasteiger partial charge in [0.05, 0.1) is 12.5 Å². The van der Waals surface area contributed by atoms with Crippen LogP contribution in [0.5, 0.6) is 0 Å². The number of nitrogens with one attached hydrogen (secondary N) is 3. The van der Waals surface area contributed by atoms with Gasteiger partial charge in [0.25, 0.3) is 0 Å². The van der Waals surface area contributed by atoms with Crippen LogP contribution in [0, 0.1) is 5.92 Å². The summed E-state index contributed by atoms with van der Waals surface area (Å²) in [6.45, 7) is 2.02. The van der Waals surface area contributed by atoms with Crippen molar-refractivity contribution in [2.75, 3.05) is 13.1 Å². The number of likely N-dealkylation sites (N-methyl/N-ethyl adjacent to an activating group) is 1. The molecule has 0 aromatic rings. The molecule has 0 heterocycles. The number of hydrogen-bond acceptors (Lipinski definition) is 2. The average molecular weight is 295 g/mol. The molecule has 2 atom stereocenters. The van der Waals surface area contributed by atoms with Gasteiger partial charge in [-0.1, -0.05) is 6.42 Å². The SMILES string of the molecule is CCNC(=O)CNC(=O)NC1CCCC(C(F)(F)F)C1. The first-order valence-electron chi connectivity index (χ1n) is 6.70. The van der Waals surface area contributed by atoms with E-state index in [9.17, 15) is 22.8 Å². The third-order valence-electron chi connectivity index (χ3n) is 3.26. The fourth-order valence-corrected chi connectivity index (χ4v) is 2.27. The van der Waals surface area contributed by atoms with Crippen LogP contribution in [-0.2, 0) is 4.79 Å². The van der Waals surface area contributed by atoms with E-state index in [1.807, 2.05) is 0 Å². The van der Waals surface area contributed by atoms with Gasteiger partial charge in [-0.25, -0.2) is 4.79 Å². The summed E-state index contributed by atoms with van der Waals surface area (Å²) in [6, 6.07) is -1.10. The van der Waals surface area contributed by atoms with E-state index in [-0.39, 0.29) is 25.3 Å². The summed E-state index contributed by atoms with van der Waals surface area (Å²) in [5, 5.41) is 7.31. The zero-order chi connectivity index (χ0) is 15.2. The maximum Gasteiger partial charge on any atom is 0.391 e. The number of carbonyl (C=O) groups is 2. The molecule has 1 rings (SSSR count). The molecule has 20 heavy (non-hydrogen) atoms. The first-order valence-corrected chi connectivity index (χ1v) is 6.70. The summed E-state index contributed by atoms with van der Waals surface area (Å²) >= 11 is 0. The van der Waals surface area contributed by atoms with Crippen LogP contribution in [0.15, 0.2) is 0 Å². The molecule has 116 valence electrons. The smallest absolute Gasteiger partial charge is 0.355 e. The second-order valence-corrected chi connectivity index (χ2v) is 4.88. The van der Waals surface area contributed by atoms with Gasteiger partial charge in [-0.15, -0.1) is 0 Å². The fourth-order valence-electron chi connectivity index (χ4n) is 2.27. The molecule has 1 saturated carbocycles. The van der Waals surface area contributed by atoms with Gasteiger partial charge >= 0.3 is 12.2 Å². The monoisotopic (exact) mass is 295 g/mol. The normalized spacial score (nSPS) is 23.0. The molecule has 5 nitrogen and oxygen atoms in total. The summed E-state index contributed by atoms with van der Waals surface area (Å²) in [5.74, 6) is -1.69. The maximum absolute atomic E-state index is 12.6. The van der Waals surface area contributed by atoms with Crippen LogP contribution in [0.3, 0.4) is 0 Å². The summed E-state index contributed by atoms with van der Waals surface area (Å²) in [7, 11) is 0. The molecule has 0 bridgehead atoms. The Hall–Kier alpha value is -1.47. The molecule has 8 heteroatoms.